The molecule has 0 radical (unpaired) electrons. The molecule has 0 saturated carbocycles. The molecule has 0 fully saturated rings. The number of hydrogen-bond acceptors (Lipinski definition) is 7. The van der Waals surface area contributed by atoms with Gasteiger partial charge in [0.1, 0.15) is 5.00 Å². The molecule has 30 heavy (non-hydrogen) atoms. The number of carbonyl (C=O) groups excluding carboxylic acids is 2. The monoisotopic (exact) mass is 450 g/mol. The molecule has 0 aliphatic carbocycles. The van der Waals surface area contributed by atoms with Gasteiger partial charge in [-0.15, -0.1) is 11.3 Å². The van der Waals surface area contributed by atoms with Crippen LogP contribution in [-0.4, -0.2) is 50.6 Å². The van der Waals surface area contributed by atoms with Crippen molar-refractivity contribution in [3.8, 4) is 0 Å². The highest BCUT2D eigenvalue weighted by Gasteiger charge is 2.30. The van der Waals surface area contributed by atoms with Crippen LogP contribution in [0.15, 0.2) is 29.2 Å². The Kier molecular flexibility index (Phi) is 6.64. The number of esters is 1. The normalized spacial score (nSPS) is 14.4. The minimum atomic E-state index is -3.43. The fourth-order valence-electron chi connectivity index (χ4n) is 3.44. The summed E-state index contributed by atoms with van der Waals surface area (Å²) in [6.07, 6.45) is 0.703. The second-order valence-electron chi connectivity index (χ2n) is 7.40. The van der Waals surface area contributed by atoms with E-state index in [1.54, 1.807) is 19.1 Å². The van der Waals surface area contributed by atoms with E-state index < -0.39 is 21.7 Å². The lowest BCUT2D eigenvalue weighted by molar-refractivity contribution is 0.0600. The van der Waals surface area contributed by atoms with Gasteiger partial charge in [0, 0.05) is 29.6 Å². The first-order valence-corrected chi connectivity index (χ1v) is 12.3. The molecule has 3 rings (SSSR count). The quantitative estimate of drug-likeness (QED) is 0.679. The molecule has 7 nitrogen and oxygen atoms in total. The van der Waals surface area contributed by atoms with Crippen LogP contribution in [-0.2, 0) is 27.5 Å². The zero-order chi connectivity index (χ0) is 22.1. The van der Waals surface area contributed by atoms with Crippen molar-refractivity contribution in [1.29, 1.82) is 0 Å². The van der Waals surface area contributed by atoms with Gasteiger partial charge in [-0.3, -0.25) is 9.69 Å². The summed E-state index contributed by atoms with van der Waals surface area (Å²) in [4.78, 5) is 28.8. The van der Waals surface area contributed by atoms with E-state index in [1.165, 1.54) is 30.6 Å². The summed E-state index contributed by atoms with van der Waals surface area (Å²) in [7, 11) is -2.11. The van der Waals surface area contributed by atoms with Crippen LogP contribution in [0, 0.1) is 0 Å². The van der Waals surface area contributed by atoms with E-state index in [4.69, 9.17) is 4.74 Å². The number of nitrogens with zero attached hydrogens (tertiary/aromatic N) is 1. The maximum absolute atomic E-state index is 12.9. The number of hydrogen-bond donors (Lipinski definition) is 1. The maximum atomic E-state index is 12.9. The molecule has 1 aromatic heterocycles. The Morgan fingerprint density at radius 1 is 1.30 bits per heavy atom. The Hall–Kier alpha value is -2.23. The van der Waals surface area contributed by atoms with E-state index in [-0.39, 0.29) is 16.2 Å². The van der Waals surface area contributed by atoms with Gasteiger partial charge in [0.25, 0.3) is 5.91 Å². The number of amides is 1. The van der Waals surface area contributed by atoms with Crippen molar-refractivity contribution in [3.63, 3.8) is 0 Å². The number of benzene rings is 1. The van der Waals surface area contributed by atoms with Crippen molar-refractivity contribution in [3.05, 3.63) is 45.8 Å². The first-order valence-electron chi connectivity index (χ1n) is 9.79. The predicted octanol–water partition coefficient (Wildman–Crippen LogP) is 3.35. The smallest absolute Gasteiger partial charge is 0.341 e. The van der Waals surface area contributed by atoms with Crippen molar-refractivity contribution in [2.45, 2.75) is 44.7 Å². The van der Waals surface area contributed by atoms with Gasteiger partial charge in [-0.25, -0.2) is 13.2 Å². The van der Waals surface area contributed by atoms with Crippen LogP contribution in [0.5, 0.6) is 0 Å². The van der Waals surface area contributed by atoms with Gasteiger partial charge < -0.3 is 10.1 Å². The van der Waals surface area contributed by atoms with E-state index in [0.29, 0.717) is 29.6 Å². The first-order chi connectivity index (χ1) is 14.2. The van der Waals surface area contributed by atoms with Gasteiger partial charge >= 0.3 is 5.97 Å². The summed E-state index contributed by atoms with van der Waals surface area (Å²) in [6, 6.07) is 6.30. The number of fused-ring (bicyclic) bond motifs is 1. The minimum absolute atomic E-state index is 0.0471. The molecule has 0 bridgehead atoms. The number of ether oxygens (including phenoxy) is 1. The van der Waals surface area contributed by atoms with Crippen LogP contribution in [0.25, 0.3) is 0 Å². The average molecular weight is 451 g/mol. The maximum Gasteiger partial charge on any atom is 0.341 e. The molecule has 0 spiro atoms. The number of nitrogens with one attached hydrogen (secondary N) is 1. The molecule has 1 aliphatic rings. The van der Waals surface area contributed by atoms with Gasteiger partial charge in [0.15, 0.2) is 9.84 Å². The summed E-state index contributed by atoms with van der Waals surface area (Å²) in [5, 5.41) is 3.24. The number of anilines is 1. The molecule has 1 aliphatic heterocycles. The molecule has 0 saturated heterocycles. The van der Waals surface area contributed by atoms with E-state index in [9.17, 15) is 18.0 Å². The van der Waals surface area contributed by atoms with E-state index in [0.717, 1.165) is 17.0 Å². The van der Waals surface area contributed by atoms with Gasteiger partial charge in [-0.05, 0) is 44.0 Å². The largest absolute Gasteiger partial charge is 0.465 e. The van der Waals surface area contributed by atoms with Crippen LogP contribution in [0.4, 0.5) is 5.00 Å². The molecule has 9 heteroatoms. The van der Waals surface area contributed by atoms with Crippen molar-refractivity contribution < 1.29 is 22.7 Å². The molecule has 0 atom stereocenters. The summed E-state index contributed by atoms with van der Waals surface area (Å²) < 4.78 is 29.2. The predicted molar refractivity (Wildman–Crippen MR) is 117 cm³/mol. The molecular weight excluding hydrogens is 424 g/mol. The fraction of sp³-hybridized carbons (Fsp3) is 0.429. The molecule has 2 aromatic rings. The number of methoxy groups -OCH3 is 1. The Morgan fingerprint density at radius 3 is 2.67 bits per heavy atom. The molecule has 162 valence electrons. The van der Waals surface area contributed by atoms with Crippen molar-refractivity contribution in [2.24, 2.45) is 0 Å². The van der Waals surface area contributed by atoms with E-state index >= 15 is 0 Å². The highest BCUT2D eigenvalue weighted by atomic mass is 32.2. The first kappa shape index (κ1) is 22.5. The van der Waals surface area contributed by atoms with Crippen molar-refractivity contribution in [2.75, 3.05) is 24.7 Å². The Bertz CT molecular complexity index is 1070. The lowest BCUT2D eigenvalue weighted by Crippen LogP contribution is -2.35. The number of sulfone groups is 1. The second-order valence-corrected chi connectivity index (χ2v) is 10.8. The lowest BCUT2D eigenvalue weighted by Gasteiger charge is -2.30. The second kappa shape index (κ2) is 8.87. The third-order valence-corrected chi connectivity index (χ3v) is 8.13. The SMILES string of the molecule is CCS(=O)(=O)c1cccc(C(=O)Nc2sc3c(c2C(=O)OC)CCN(C(C)C)C3)c1. The van der Waals surface area contributed by atoms with Crippen LogP contribution in [0.3, 0.4) is 0 Å². The standard InChI is InChI=1S/C21H26N2O5S2/c1-5-30(26,27)15-8-6-7-14(11-15)19(24)22-20-18(21(25)28-4)16-9-10-23(13(2)3)12-17(16)29-20/h6-8,11,13H,5,9-10,12H2,1-4H3,(H,22,24). The average Bonchev–Trinajstić information content (AvgIpc) is 3.10. The van der Waals surface area contributed by atoms with Gasteiger partial charge in [-0.1, -0.05) is 13.0 Å². The summed E-state index contributed by atoms with van der Waals surface area (Å²) in [6.45, 7) is 7.35. The topological polar surface area (TPSA) is 92.8 Å². The molecule has 2 heterocycles. The summed E-state index contributed by atoms with van der Waals surface area (Å²) in [5.74, 6) is -0.995. The lowest BCUT2D eigenvalue weighted by atomic mass is 10.0. The molecule has 1 N–H and O–H groups in total. The Morgan fingerprint density at radius 2 is 2.03 bits per heavy atom. The van der Waals surface area contributed by atoms with Crippen molar-refractivity contribution >= 4 is 38.1 Å². The van der Waals surface area contributed by atoms with Crippen molar-refractivity contribution in [1.82, 2.24) is 4.90 Å². The molecule has 0 unspecified atom stereocenters. The van der Waals surface area contributed by atoms with E-state index in [2.05, 4.69) is 24.1 Å². The third kappa shape index (κ3) is 4.43. The molecule has 1 aromatic carbocycles. The molecule has 1 amide bonds. The van der Waals surface area contributed by atoms with Crippen LogP contribution in [0.2, 0.25) is 0 Å². The number of carbonyl (C=O) groups is 2. The van der Waals surface area contributed by atoms with Crippen LogP contribution < -0.4 is 5.32 Å². The zero-order valence-electron chi connectivity index (χ0n) is 17.5. The highest BCUT2D eigenvalue weighted by molar-refractivity contribution is 7.91. The van der Waals surface area contributed by atoms with E-state index in [1.807, 2.05) is 0 Å². The molecular formula is C21H26N2O5S2. The van der Waals surface area contributed by atoms with Gasteiger partial charge in [-0.2, -0.15) is 0 Å². The fourth-order valence-corrected chi connectivity index (χ4v) is 5.63. The third-order valence-electron chi connectivity index (χ3n) is 5.27. The highest BCUT2D eigenvalue weighted by Crippen LogP contribution is 2.38. The Labute approximate surface area is 181 Å². The minimum Gasteiger partial charge on any atom is -0.465 e. The number of thiophene rings is 1. The Balaban J connectivity index is 1.94. The van der Waals surface area contributed by atoms with Crippen LogP contribution >= 0.6 is 11.3 Å². The summed E-state index contributed by atoms with van der Waals surface area (Å²) in [5.41, 5.74) is 1.53. The van der Waals surface area contributed by atoms with Crippen LogP contribution in [0.1, 0.15) is 51.9 Å². The zero-order valence-corrected chi connectivity index (χ0v) is 19.2. The van der Waals surface area contributed by atoms with Gasteiger partial charge in [0.05, 0.1) is 23.3 Å². The summed E-state index contributed by atoms with van der Waals surface area (Å²) >= 11 is 1.37. The van der Waals surface area contributed by atoms with Gasteiger partial charge in [0.2, 0.25) is 0 Å². The number of rotatable bonds is 6.